The van der Waals surface area contributed by atoms with E-state index in [0.717, 1.165) is 0 Å². The summed E-state index contributed by atoms with van der Waals surface area (Å²) in [6, 6.07) is 14.3. The van der Waals surface area contributed by atoms with Crippen LogP contribution in [0.1, 0.15) is 11.1 Å². The van der Waals surface area contributed by atoms with Gasteiger partial charge in [0.15, 0.2) is 0 Å². The third-order valence-corrected chi connectivity index (χ3v) is 2.69. The van der Waals surface area contributed by atoms with Gasteiger partial charge in [0.1, 0.15) is 5.75 Å². The van der Waals surface area contributed by atoms with Crippen LogP contribution in [0.25, 0.3) is 11.6 Å². The summed E-state index contributed by atoms with van der Waals surface area (Å²) < 4.78 is 0. The summed E-state index contributed by atoms with van der Waals surface area (Å²) in [6.07, 6.45) is 1.61. The number of hydrogen-bond donors (Lipinski definition) is 1. The first-order chi connectivity index (χ1) is 9.60. The zero-order valence-electron chi connectivity index (χ0n) is 10.4. The number of hydrogen-bond acceptors (Lipinski definition) is 4. The van der Waals surface area contributed by atoms with E-state index in [9.17, 15) is 20.5 Å². The predicted molar refractivity (Wildman–Crippen MR) is 74.7 cm³/mol. The fourth-order valence-electron chi connectivity index (χ4n) is 1.72. The summed E-state index contributed by atoms with van der Waals surface area (Å²) in [5.74, 6) is 0.111. The van der Waals surface area contributed by atoms with Gasteiger partial charge in [0.2, 0.25) is 0 Å². The van der Waals surface area contributed by atoms with E-state index in [1.54, 1.807) is 18.2 Å². The van der Waals surface area contributed by atoms with Crippen molar-refractivity contribution in [1.29, 1.82) is 5.26 Å². The van der Waals surface area contributed by atoms with Gasteiger partial charge in [0.05, 0.1) is 16.6 Å². The normalized spacial score (nSPS) is 10.8. The fourth-order valence-corrected chi connectivity index (χ4v) is 1.72. The quantitative estimate of drug-likeness (QED) is 0.399. The van der Waals surface area contributed by atoms with Gasteiger partial charge in [-0.05, 0) is 41.5 Å². The van der Waals surface area contributed by atoms with E-state index in [0.29, 0.717) is 16.7 Å². The topological polar surface area (TPSA) is 87.2 Å². The number of nitrogens with zero attached hydrogens (tertiary/aromatic N) is 2. The standard InChI is InChI=1S/C15H10N2O3/c16-10-13(8-11-2-1-3-15(18)9-11)12-4-6-14(7-5-12)17(19)20/h1-9,18H. The Morgan fingerprint density at radius 1 is 1.25 bits per heavy atom. The highest BCUT2D eigenvalue weighted by molar-refractivity contribution is 5.89. The molecule has 5 heteroatoms. The molecule has 0 spiro atoms. The number of nitriles is 1. The van der Waals surface area contributed by atoms with E-state index in [4.69, 9.17) is 0 Å². The van der Waals surface area contributed by atoms with Crippen LogP contribution in [0.15, 0.2) is 48.5 Å². The SMILES string of the molecule is N#CC(=Cc1cccc(O)c1)c1ccc([N+](=O)[O-])cc1. The van der Waals surface area contributed by atoms with Crippen LogP contribution in [0.3, 0.4) is 0 Å². The van der Waals surface area contributed by atoms with Crippen LogP contribution in [0.2, 0.25) is 0 Å². The highest BCUT2D eigenvalue weighted by atomic mass is 16.6. The minimum atomic E-state index is -0.491. The Morgan fingerprint density at radius 3 is 2.50 bits per heavy atom. The molecule has 2 rings (SSSR count). The van der Waals surface area contributed by atoms with Gasteiger partial charge in [0, 0.05) is 12.1 Å². The lowest BCUT2D eigenvalue weighted by atomic mass is 10.0. The highest BCUT2D eigenvalue weighted by Crippen LogP contribution is 2.22. The molecular weight excluding hydrogens is 256 g/mol. The first-order valence-electron chi connectivity index (χ1n) is 5.76. The zero-order chi connectivity index (χ0) is 14.5. The molecule has 0 aliphatic rings. The molecule has 2 aromatic carbocycles. The molecule has 0 aliphatic carbocycles. The van der Waals surface area contributed by atoms with Crippen molar-refractivity contribution in [2.45, 2.75) is 0 Å². The smallest absolute Gasteiger partial charge is 0.269 e. The highest BCUT2D eigenvalue weighted by Gasteiger charge is 2.06. The van der Waals surface area contributed by atoms with Crippen LogP contribution >= 0.6 is 0 Å². The van der Waals surface area contributed by atoms with Gasteiger partial charge in [-0.15, -0.1) is 0 Å². The molecule has 98 valence electrons. The number of nitro groups is 1. The Kier molecular flexibility index (Phi) is 3.77. The first kappa shape index (κ1) is 13.3. The molecular formula is C15H10N2O3. The summed E-state index contributed by atoms with van der Waals surface area (Å²) >= 11 is 0. The largest absolute Gasteiger partial charge is 0.508 e. The second-order valence-corrected chi connectivity index (χ2v) is 4.07. The summed E-state index contributed by atoms with van der Waals surface area (Å²) in [5.41, 5.74) is 1.61. The molecule has 0 atom stereocenters. The van der Waals surface area contributed by atoms with Crippen LogP contribution in [0, 0.1) is 21.4 Å². The lowest BCUT2D eigenvalue weighted by Gasteiger charge is -2.00. The number of phenols is 1. The van der Waals surface area contributed by atoms with Crippen molar-refractivity contribution in [3.8, 4) is 11.8 Å². The molecule has 5 nitrogen and oxygen atoms in total. The molecule has 1 N–H and O–H groups in total. The molecule has 0 bridgehead atoms. The van der Waals surface area contributed by atoms with Crippen LogP contribution in [0.4, 0.5) is 5.69 Å². The summed E-state index contributed by atoms with van der Waals surface area (Å²) in [5, 5.41) is 29.1. The first-order valence-corrected chi connectivity index (χ1v) is 5.76. The van der Waals surface area contributed by atoms with Gasteiger partial charge in [-0.25, -0.2) is 0 Å². The Hall–Kier alpha value is -3.13. The summed E-state index contributed by atoms with van der Waals surface area (Å²) in [4.78, 5) is 10.1. The third kappa shape index (κ3) is 3.00. The van der Waals surface area contributed by atoms with Crippen LogP contribution < -0.4 is 0 Å². The number of non-ortho nitro benzene ring substituents is 1. The lowest BCUT2D eigenvalue weighted by Crippen LogP contribution is -1.88. The number of benzene rings is 2. The Labute approximate surface area is 115 Å². The molecule has 0 amide bonds. The molecule has 0 fully saturated rings. The second kappa shape index (κ2) is 5.67. The van der Waals surface area contributed by atoms with E-state index in [1.165, 1.54) is 36.4 Å². The molecule has 0 aliphatic heterocycles. The molecule has 20 heavy (non-hydrogen) atoms. The molecule has 0 saturated carbocycles. The second-order valence-electron chi connectivity index (χ2n) is 4.07. The molecule has 0 saturated heterocycles. The summed E-state index contributed by atoms with van der Waals surface area (Å²) in [7, 11) is 0. The van der Waals surface area contributed by atoms with Crippen molar-refractivity contribution in [3.63, 3.8) is 0 Å². The molecule has 2 aromatic rings. The Bertz CT molecular complexity index is 713. The average molecular weight is 266 g/mol. The molecule has 0 unspecified atom stereocenters. The van der Waals surface area contributed by atoms with Crippen molar-refractivity contribution in [2.75, 3.05) is 0 Å². The van der Waals surface area contributed by atoms with E-state index >= 15 is 0 Å². The molecule has 0 radical (unpaired) electrons. The Morgan fingerprint density at radius 2 is 1.95 bits per heavy atom. The minimum absolute atomic E-state index is 0.0246. The van der Waals surface area contributed by atoms with Gasteiger partial charge in [0.25, 0.3) is 5.69 Å². The van der Waals surface area contributed by atoms with E-state index in [1.807, 2.05) is 6.07 Å². The Balaban J connectivity index is 2.37. The maximum atomic E-state index is 10.6. The van der Waals surface area contributed by atoms with Crippen LogP contribution in [-0.4, -0.2) is 10.0 Å². The zero-order valence-corrected chi connectivity index (χ0v) is 10.4. The number of nitro benzene ring substituents is 1. The summed E-state index contributed by atoms with van der Waals surface area (Å²) in [6.45, 7) is 0. The number of phenolic OH excluding ortho intramolecular Hbond substituents is 1. The van der Waals surface area contributed by atoms with Crippen LogP contribution in [-0.2, 0) is 0 Å². The van der Waals surface area contributed by atoms with Gasteiger partial charge in [-0.3, -0.25) is 10.1 Å². The minimum Gasteiger partial charge on any atom is -0.508 e. The van der Waals surface area contributed by atoms with Gasteiger partial charge in [-0.1, -0.05) is 12.1 Å². The van der Waals surface area contributed by atoms with Crippen molar-refractivity contribution in [3.05, 3.63) is 69.8 Å². The lowest BCUT2D eigenvalue weighted by molar-refractivity contribution is -0.384. The van der Waals surface area contributed by atoms with E-state index < -0.39 is 4.92 Å². The predicted octanol–water partition coefficient (Wildman–Crippen LogP) is 3.36. The van der Waals surface area contributed by atoms with Gasteiger partial charge < -0.3 is 5.11 Å². The monoisotopic (exact) mass is 266 g/mol. The number of aromatic hydroxyl groups is 1. The van der Waals surface area contributed by atoms with Gasteiger partial charge >= 0.3 is 0 Å². The fraction of sp³-hybridized carbons (Fsp3) is 0. The molecule has 0 heterocycles. The average Bonchev–Trinajstić information content (AvgIpc) is 2.45. The number of allylic oxidation sites excluding steroid dienone is 1. The van der Waals surface area contributed by atoms with Crippen molar-refractivity contribution in [2.24, 2.45) is 0 Å². The van der Waals surface area contributed by atoms with Gasteiger partial charge in [-0.2, -0.15) is 5.26 Å². The van der Waals surface area contributed by atoms with Crippen molar-refractivity contribution >= 4 is 17.3 Å². The maximum absolute atomic E-state index is 10.6. The van der Waals surface area contributed by atoms with Crippen LogP contribution in [0.5, 0.6) is 5.75 Å². The molecule has 0 aromatic heterocycles. The van der Waals surface area contributed by atoms with E-state index in [-0.39, 0.29) is 11.4 Å². The maximum Gasteiger partial charge on any atom is 0.269 e. The third-order valence-electron chi connectivity index (χ3n) is 2.69. The number of rotatable bonds is 3. The van der Waals surface area contributed by atoms with E-state index in [2.05, 4.69) is 0 Å². The van der Waals surface area contributed by atoms with Crippen molar-refractivity contribution in [1.82, 2.24) is 0 Å². The van der Waals surface area contributed by atoms with Crippen molar-refractivity contribution < 1.29 is 10.0 Å².